The molecule has 0 aliphatic rings. The Hall–Kier alpha value is -3.25. The second-order valence-corrected chi connectivity index (χ2v) is 6.95. The molecule has 0 saturated carbocycles. The van der Waals surface area contributed by atoms with Gasteiger partial charge in [-0.3, -0.25) is 19.8 Å². The van der Waals surface area contributed by atoms with E-state index in [0.717, 1.165) is 28.6 Å². The number of nitrogens with one attached hydrogen (secondary N) is 2. The number of unbranched alkanes of at least 4 members (excludes halogenated alkanes) is 2. The highest BCUT2D eigenvalue weighted by molar-refractivity contribution is 5.84. The van der Waals surface area contributed by atoms with Crippen molar-refractivity contribution in [1.82, 2.24) is 15.8 Å². The fourth-order valence-electron chi connectivity index (χ4n) is 3.16. The third-order valence-corrected chi connectivity index (χ3v) is 4.75. The lowest BCUT2D eigenvalue weighted by atomic mass is 10.0. The number of rotatable bonds is 9. The molecule has 150 valence electrons. The van der Waals surface area contributed by atoms with Crippen LogP contribution in [0.25, 0.3) is 22.0 Å². The third kappa shape index (κ3) is 6.12. The first-order valence-electron chi connectivity index (χ1n) is 9.80. The van der Waals surface area contributed by atoms with E-state index >= 15 is 0 Å². The number of carbonyl (C=O) groups excluding carboxylic acids is 2. The van der Waals surface area contributed by atoms with E-state index < -0.39 is 5.91 Å². The van der Waals surface area contributed by atoms with Gasteiger partial charge in [-0.25, -0.2) is 5.48 Å². The molecule has 0 saturated heterocycles. The molecule has 0 unspecified atom stereocenters. The molecular formula is C23H25N3O3. The summed E-state index contributed by atoms with van der Waals surface area (Å²) in [5.41, 5.74) is 5.64. The van der Waals surface area contributed by atoms with E-state index in [9.17, 15) is 9.59 Å². The topological polar surface area (TPSA) is 91.3 Å². The SMILES string of the molecule is O=C(CCCCCC(=O)NCc1ccc2cc(-c3ccccc3)ccc2n1)NO. The van der Waals surface area contributed by atoms with Gasteiger partial charge in [-0.05, 0) is 42.2 Å². The summed E-state index contributed by atoms with van der Waals surface area (Å²) in [5.74, 6) is -0.425. The molecule has 0 spiro atoms. The molecule has 1 aromatic heterocycles. The largest absolute Gasteiger partial charge is 0.350 e. The summed E-state index contributed by atoms with van der Waals surface area (Å²) in [7, 11) is 0. The molecule has 3 aromatic rings. The predicted molar refractivity (Wildman–Crippen MR) is 112 cm³/mol. The molecule has 0 aliphatic heterocycles. The minimum absolute atomic E-state index is 0.0297. The Morgan fingerprint density at radius 3 is 2.34 bits per heavy atom. The Morgan fingerprint density at radius 2 is 1.59 bits per heavy atom. The molecule has 3 rings (SSSR count). The molecule has 6 nitrogen and oxygen atoms in total. The molecule has 0 fully saturated rings. The second kappa shape index (κ2) is 10.3. The van der Waals surface area contributed by atoms with Crippen LogP contribution in [0.4, 0.5) is 0 Å². The van der Waals surface area contributed by atoms with Crippen molar-refractivity contribution in [3.05, 3.63) is 66.4 Å². The minimum Gasteiger partial charge on any atom is -0.350 e. The van der Waals surface area contributed by atoms with Gasteiger partial charge in [0.1, 0.15) is 0 Å². The number of hydroxylamine groups is 1. The number of hydrogen-bond donors (Lipinski definition) is 3. The summed E-state index contributed by atoms with van der Waals surface area (Å²) in [6, 6.07) is 20.4. The molecule has 2 aromatic carbocycles. The highest BCUT2D eigenvalue weighted by Crippen LogP contribution is 2.23. The number of benzene rings is 2. The van der Waals surface area contributed by atoms with Crippen molar-refractivity contribution >= 4 is 22.7 Å². The summed E-state index contributed by atoms with van der Waals surface area (Å²) < 4.78 is 0. The lowest BCUT2D eigenvalue weighted by molar-refractivity contribution is -0.129. The van der Waals surface area contributed by atoms with Crippen molar-refractivity contribution in [1.29, 1.82) is 0 Å². The smallest absolute Gasteiger partial charge is 0.243 e. The summed E-state index contributed by atoms with van der Waals surface area (Å²) in [5, 5.41) is 12.4. The van der Waals surface area contributed by atoms with Crippen LogP contribution >= 0.6 is 0 Å². The maximum Gasteiger partial charge on any atom is 0.243 e. The second-order valence-electron chi connectivity index (χ2n) is 6.95. The quantitative estimate of drug-likeness (QED) is 0.292. The predicted octanol–water partition coefficient (Wildman–Crippen LogP) is 3.97. The maximum atomic E-state index is 12.0. The maximum absolute atomic E-state index is 12.0. The van der Waals surface area contributed by atoms with Crippen molar-refractivity contribution in [3.63, 3.8) is 0 Å². The van der Waals surface area contributed by atoms with Crippen molar-refractivity contribution in [2.24, 2.45) is 0 Å². The Labute approximate surface area is 169 Å². The fraction of sp³-hybridized carbons (Fsp3) is 0.261. The van der Waals surface area contributed by atoms with Gasteiger partial charge >= 0.3 is 0 Å². The van der Waals surface area contributed by atoms with Crippen LogP contribution in [0.5, 0.6) is 0 Å². The number of fused-ring (bicyclic) bond motifs is 1. The van der Waals surface area contributed by atoms with Gasteiger partial charge in [0.05, 0.1) is 17.8 Å². The molecule has 29 heavy (non-hydrogen) atoms. The van der Waals surface area contributed by atoms with Crippen molar-refractivity contribution in [2.45, 2.75) is 38.6 Å². The van der Waals surface area contributed by atoms with Gasteiger partial charge in [0.15, 0.2) is 0 Å². The molecule has 1 heterocycles. The number of aromatic nitrogens is 1. The molecule has 6 heteroatoms. The van der Waals surface area contributed by atoms with Gasteiger partial charge in [-0.1, -0.05) is 48.9 Å². The number of amides is 2. The third-order valence-electron chi connectivity index (χ3n) is 4.75. The van der Waals surface area contributed by atoms with Gasteiger partial charge < -0.3 is 5.32 Å². The Balaban J connectivity index is 1.49. The monoisotopic (exact) mass is 391 g/mol. The summed E-state index contributed by atoms with van der Waals surface area (Å²) in [6.45, 7) is 0.391. The van der Waals surface area contributed by atoms with Crippen LogP contribution in [0, 0.1) is 0 Å². The lowest BCUT2D eigenvalue weighted by Crippen LogP contribution is -2.23. The fourth-order valence-corrected chi connectivity index (χ4v) is 3.16. The molecule has 0 bridgehead atoms. The number of pyridine rings is 1. The molecule has 0 aliphatic carbocycles. The first kappa shape index (κ1) is 20.5. The van der Waals surface area contributed by atoms with E-state index in [1.54, 1.807) is 5.48 Å². The van der Waals surface area contributed by atoms with Gasteiger partial charge in [-0.2, -0.15) is 0 Å². The molecular weight excluding hydrogens is 366 g/mol. The van der Waals surface area contributed by atoms with E-state index in [2.05, 4.69) is 34.6 Å². The Kier molecular flexibility index (Phi) is 7.30. The zero-order valence-corrected chi connectivity index (χ0v) is 16.2. The number of nitrogens with zero attached hydrogens (tertiary/aromatic N) is 1. The lowest BCUT2D eigenvalue weighted by Gasteiger charge is -2.07. The first-order chi connectivity index (χ1) is 14.2. The van der Waals surface area contributed by atoms with Crippen LogP contribution in [0.15, 0.2) is 60.7 Å². The van der Waals surface area contributed by atoms with Crippen LogP contribution in [0.3, 0.4) is 0 Å². The van der Waals surface area contributed by atoms with Gasteiger partial charge in [0.25, 0.3) is 0 Å². The van der Waals surface area contributed by atoms with Crippen LogP contribution in [0.2, 0.25) is 0 Å². The van der Waals surface area contributed by atoms with Crippen LogP contribution in [0.1, 0.15) is 37.8 Å². The zero-order valence-electron chi connectivity index (χ0n) is 16.2. The van der Waals surface area contributed by atoms with E-state index in [1.165, 1.54) is 5.56 Å². The van der Waals surface area contributed by atoms with Crippen LogP contribution in [-0.2, 0) is 16.1 Å². The number of hydrogen-bond acceptors (Lipinski definition) is 4. The van der Waals surface area contributed by atoms with Gasteiger partial charge in [-0.15, -0.1) is 0 Å². The van der Waals surface area contributed by atoms with Crippen LogP contribution < -0.4 is 10.8 Å². The molecule has 3 N–H and O–H groups in total. The van der Waals surface area contributed by atoms with Crippen LogP contribution in [-0.4, -0.2) is 22.0 Å². The number of carbonyl (C=O) groups is 2. The molecule has 0 atom stereocenters. The van der Waals surface area contributed by atoms with Crippen molar-refractivity contribution < 1.29 is 14.8 Å². The highest BCUT2D eigenvalue weighted by atomic mass is 16.5. The molecule has 0 radical (unpaired) electrons. The normalized spacial score (nSPS) is 10.7. The zero-order chi connectivity index (χ0) is 20.5. The average Bonchev–Trinajstić information content (AvgIpc) is 2.77. The van der Waals surface area contributed by atoms with E-state index in [-0.39, 0.29) is 12.3 Å². The van der Waals surface area contributed by atoms with E-state index in [1.807, 2.05) is 36.4 Å². The highest BCUT2D eigenvalue weighted by Gasteiger charge is 2.05. The standard InChI is InChI=1S/C23H25N3O3/c27-22(9-5-2-6-10-23(28)26-29)24-16-20-13-11-19-15-18(12-14-21(19)25-20)17-7-3-1-4-8-17/h1,3-4,7-8,11-15,29H,2,5-6,9-10,16H2,(H,24,27)(H,26,28). The average molecular weight is 391 g/mol. The Bertz CT molecular complexity index is 974. The Morgan fingerprint density at radius 1 is 0.828 bits per heavy atom. The summed E-state index contributed by atoms with van der Waals surface area (Å²) in [6.07, 6.45) is 2.80. The minimum atomic E-state index is -0.396. The van der Waals surface area contributed by atoms with Gasteiger partial charge in [0, 0.05) is 18.2 Å². The van der Waals surface area contributed by atoms with Crippen molar-refractivity contribution in [2.75, 3.05) is 0 Å². The van der Waals surface area contributed by atoms with E-state index in [0.29, 0.717) is 25.8 Å². The summed E-state index contributed by atoms with van der Waals surface area (Å²) in [4.78, 5) is 27.5. The van der Waals surface area contributed by atoms with Gasteiger partial charge in [0.2, 0.25) is 11.8 Å². The van der Waals surface area contributed by atoms with Crippen molar-refractivity contribution in [3.8, 4) is 11.1 Å². The first-order valence-corrected chi connectivity index (χ1v) is 9.80. The molecule has 2 amide bonds. The summed E-state index contributed by atoms with van der Waals surface area (Å²) >= 11 is 0. The van der Waals surface area contributed by atoms with E-state index in [4.69, 9.17) is 5.21 Å².